The summed E-state index contributed by atoms with van der Waals surface area (Å²) in [7, 11) is 0. The van der Waals surface area contributed by atoms with Crippen LogP contribution in [0.4, 0.5) is 0 Å². The van der Waals surface area contributed by atoms with Gasteiger partial charge in [-0.05, 0) is 19.8 Å². The van der Waals surface area contributed by atoms with Gasteiger partial charge in [0.15, 0.2) is 0 Å². The number of esters is 2. The van der Waals surface area contributed by atoms with Crippen molar-refractivity contribution in [2.24, 2.45) is 0 Å². The molecule has 0 bridgehead atoms. The van der Waals surface area contributed by atoms with E-state index in [4.69, 9.17) is 9.47 Å². The van der Waals surface area contributed by atoms with E-state index in [1.807, 2.05) is 0 Å². The van der Waals surface area contributed by atoms with Gasteiger partial charge >= 0.3 is 11.9 Å². The summed E-state index contributed by atoms with van der Waals surface area (Å²) in [6.45, 7) is 14.2. The number of carbonyl (C=O) groups excluding carboxylic acids is 2. The molecule has 0 unspecified atom stereocenters. The lowest BCUT2D eigenvalue weighted by atomic mass is 10.0. The highest BCUT2D eigenvalue weighted by Gasteiger charge is 2.02. The molecule has 0 aromatic carbocycles. The minimum atomic E-state index is -0.300. The maximum atomic E-state index is 11.1. The van der Waals surface area contributed by atoms with Crippen molar-refractivity contribution in [1.82, 2.24) is 0 Å². The van der Waals surface area contributed by atoms with Gasteiger partial charge in [-0.15, -0.1) is 0 Å². The fraction of sp³-hybridized carbons (Fsp3) is 0.842. The van der Waals surface area contributed by atoms with Crippen molar-refractivity contribution in [3.8, 4) is 0 Å². The van der Waals surface area contributed by atoms with Crippen LogP contribution in [-0.4, -0.2) is 25.2 Å². The third-order valence-corrected chi connectivity index (χ3v) is 7.74. The molecule has 0 atom stereocenters. The van der Waals surface area contributed by atoms with Crippen molar-refractivity contribution in [2.75, 3.05) is 13.2 Å². The van der Waals surface area contributed by atoms with Gasteiger partial charge in [0.1, 0.15) is 0 Å². The number of rotatable bonds is 31. The molecule has 0 heterocycles. The lowest BCUT2D eigenvalue weighted by molar-refractivity contribution is -0.139. The molecule has 0 aromatic heterocycles. The van der Waals surface area contributed by atoms with Gasteiger partial charge in [0, 0.05) is 11.6 Å². The molecule has 0 aromatic rings. The predicted molar refractivity (Wildman–Crippen MR) is 183 cm³/mol. The van der Waals surface area contributed by atoms with E-state index >= 15 is 0 Å². The average molecular weight is 593 g/mol. The molecule has 0 amide bonds. The Morgan fingerprint density at radius 2 is 0.738 bits per heavy atom. The Kier molecular flexibility index (Phi) is 37.9. The summed E-state index contributed by atoms with van der Waals surface area (Å²) < 4.78 is 10.0. The molecule has 0 radical (unpaired) electrons. The van der Waals surface area contributed by atoms with E-state index < -0.39 is 0 Å². The van der Waals surface area contributed by atoms with Gasteiger partial charge in [0.2, 0.25) is 0 Å². The summed E-state index contributed by atoms with van der Waals surface area (Å²) in [5.41, 5.74) is 0.489. The first kappa shape index (κ1) is 42.6. The van der Waals surface area contributed by atoms with Gasteiger partial charge in [0.25, 0.3) is 0 Å². The minimum absolute atomic E-state index is 0.257. The smallest absolute Gasteiger partial charge is 0.333 e. The van der Waals surface area contributed by atoms with E-state index in [9.17, 15) is 9.59 Å². The molecular weight excluding hydrogens is 520 g/mol. The van der Waals surface area contributed by atoms with Crippen LogP contribution in [0.5, 0.6) is 0 Å². The minimum Gasteiger partial charge on any atom is -0.463 e. The first-order valence-electron chi connectivity index (χ1n) is 18.1. The van der Waals surface area contributed by atoms with Gasteiger partial charge in [0.05, 0.1) is 13.2 Å². The number of unbranched alkanes of at least 4 members (excludes halogenated alkanes) is 25. The largest absolute Gasteiger partial charge is 0.463 e. The van der Waals surface area contributed by atoms with Crippen LogP contribution in [0.1, 0.15) is 194 Å². The second kappa shape index (κ2) is 37.4. The predicted octanol–water partition coefficient (Wildman–Crippen LogP) is 12.4. The van der Waals surface area contributed by atoms with Gasteiger partial charge in [-0.25, -0.2) is 9.59 Å². The highest BCUT2D eigenvalue weighted by molar-refractivity contribution is 5.86. The van der Waals surface area contributed by atoms with Crippen molar-refractivity contribution in [2.45, 2.75) is 194 Å². The van der Waals surface area contributed by atoms with Crippen LogP contribution in [0.2, 0.25) is 0 Å². The molecule has 0 spiro atoms. The molecule has 0 fully saturated rings. The van der Waals surface area contributed by atoms with Gasteiger partial charge < -0.3 is 9.47 Å². The third kappa shape index (κ3) is 38.4. The van der Waals surface area contributed by atoms with Gasteiger partial charge in [-0.2, -0.15) is 0 Å². The number of carbonyl (C=O) groups is 2. The van der Waals surface area contributed by atoms with E-state index in [0.29, 0.717) is 18.8 Å². The number of hydrogen-bond donors (Lipinski definition) is 0. The fourth-order valence-corrected chi connectivity index (χ4v) is 4.94. The maximum Gasteiger partial charge on any atom is 0.333 e. The lowest BCUT2D eigenvalue weighted by Gasteiger charge is -2.04. The monoisotopic (exact) mass is 593 g/mol. The molecule has 0 aliphatic heterocycles. The Bertz CT molecular complexity index is 598. The number of hydrogen-bond acceptors (Lipinski definition) is 4. The standard InChI is InChI=1S/C21H40O2.C17H32O2/c1-3-5-6-7-8-9-10-11-12-13-14-15-16-17-18-19-20-23-21(22)4-2;1-4-5-6-7-8-9-10-11-12-13-14-15-19-17(18)16(2)3/h4H,2-3,5-20H2,1H3;2,4-15H2,1,3H3. The molecule has 42 heavy (non-hydrogen) atoms. The van der Waals surface area contributed by atoms with Crippen LogP contribution in [0, 0.1) is 0 Å². The second-order valence-electron chi connectivity index (χ2n) is 12.1. The van der Waals surface area contributed by atoms with Crippen molar-refractivity contribution in [1.29, 1.82) is 0 Å². The zero-order valence-electron chi connectivity index (χ0n) is 28.6. The molecule has 0 saturated heterocycles. The topological polar surface area (TPSA) is 52.6 Å². The van der Waals surface area contributed by atoms with Crippen LogP contribution in [-0.2, 0) is 19.1 Å². The Morgan fingerprint density at radius 3 is 1.00 bits per heavy atom. The van der Waals surface area contributed by atoms with Crippen LogP contribution in [0.15, 0.2) is 24.8 Å². The third-order valence-electron chi connectivity index (χ3n) is 7.74. The molecular formula is C38H72O4. The van der Waals surface area contributed by atoms with Crippen LogP contribution in [0.25, 0.3) is 0 Å². The van der Waals surface area contributed by atoms with Gasteiger partial charge in [-0.3, -0.25) is 0 Å². The van der Waals surface area contributed by atoms with Crippen molar-refractivity contribution in [3.63, 3.8) is 0 Å². The summed E-state index contributed by atoms with van der Waals surface area (Å²) in [4.78, 5) is 21.9. The molecule has 0 saturated carbocycles. The Balaban J connectivity index is 0. The first-order valence-corrected chi connectivity index (χ1v) is 18.1. The fourth-order valence-electron chi connectivity index (χ4n) is 4.94. The van der Waals surface area contributed by atoms with E-state index in [1.165, 1.54) is 167 Å². The van der Waals surface area contributed by atoms with Crippen molar-refractivity contribution >= 4 is 11.9 Å². The summed E-state index contributed by atoms with van der Waals surface area (Å²) in [6.07, 6.45) is 37.4. The van der Waals surface area contributed by atoms with E-state index in [0.717, 1.165) is 12.8 Å². The van der Waals surface area contributed by atoms with Crippen molar-refractivity contribution in [3.05, 3.63) is 24.8 Å². The van der Waals surface area contributed by atoms with E-state index in [2.05, 4.69) is 27.0 Å². The lowest BCUT2D eigenvalue weighted by Crippen LogP contribution is -2.05. The first-order chi connectivity index (χ1) is 20.5. The van der Waals surface area contributed by atoms with E-state index in [-0.39, 0.29) is 11.9 Å². The molecule has 0 N–H and O–H groups in total. The molecule has 0 aliphatic rings. The summed E-state index contributed by atoms with van der Waals surface area (Å²) in [5.74, 6) is -0.557. The van der Waals surface area contributed by atoms with Gasteiger partial charge in [-0.1, -0.05) is 188 Å². The molecule has 0 aliphatic carbocycles. The van der Waals surface area contributed by atoms with Crippen LogP contribution < -0.4 is 0 Å². The highest BCUT2D eigenvalue weighted by atomic mass is 16.5. The Labute approximate surface area is 262 Å². The normalized spacial score (nSPS) is 10.5. The Morgan fingerprint density at radius 1 is 0.476 bits per heavy atom. The van der Waals surface area contributed by atoms with Crippen molar-refractivity contribution < 1.29 is 19.1 Å². The molecule has 0 rings (SSSR count). The average Bonchev–Trinajstić information content (AvgIpc) is 2.99. The second-order valence-corrected chi connectivity index (χ2v) is 12.1. The van der Waals surface area contributed by atoms with Crippen LogP contribution >= 0.6 is 0 Å². The molecule has 4 nitrogen and oxygen atoms in total. The zero-order valence-corrected chi connectivity index (χ0v) is 28.6. The number of ether oxygens (including phenoxy) is 2. The quantitative estimate of drug-likeness (QED) is 0.0456. The molecule has 248 valence electrons. The highest BCUT2D eigenvalue weighted by Crippen LogP contribution is 2.14. The molecule has 4 heteroatoms. The summed E-state index contributed by atoms with van der Waals surface area (Å²) in [6, 6.07) is 0. The maximum absolute atomic E-state index is 11.1. The Hall–Kier alpha value is -1.58. The van der Waals surface area contributed by atoms with Crippen LogP contribution in [0.3, 0.4) is 0 Å². The van der Waals surface area contributed by atoms with E-state index in [1.54, 1.807) is 6.92 Å². The zero-order chi connectivity index (χ0) is 31.4. The summed E-state index contributed by atoms with van der Waals surface area (Å²) in [5, 5.41) is 0. The summed E-state index contributed by atoms with van der Waals surface area (Å²) >= 11 is 0. The SMILES string of the molecule is C=C(C)C(=O)OCCCCCCCCCCCCC.C=CC(=O)OCCCCCCCCCCCCCCCCCC.